The number of aromatic nitrogens is 1. The minimum Gasteiger partial charge on any atom is -0.398 e. The molecule has 0 amide bonds. The predicted molar refractivity (Wildman–Crippen MR) is 85.0 cm³/mol. The molecule has 3 rings (SSSR count). The van der Waals surface area contributed by atoms with Gasteiger partial charge in [0, 0.05) is 36.4 Å². The number of nitrogens with two attached hydrogens (primary N) is 1. The Morgan fingerprint density at radius 1 is 1.25 bits per heavy atom. The maximum absolute atomic E-state index is 6.06. The molecule has 1 aliphatic heterocycles. The maximum atomic E-state index is 6.06. The van der Waals surface area contributed by atoms with Gasteiger partial charge in [-0.2, -0.15) is 0 Å². The van der Waals surface area contributed by atoms with E-state index in [1.807, 2.05) is 24.4 Å². The molecule has 2 unspecified atom stereocenters. The Balaban J connectivity index is 2.02. The van der Waals surface area contributed by atoms with Crippen LogP contribution in [0.25, 0.3) is 10.9 Å². The van der Waals surface area contributed by atoms with Crippen molar-refractivity contribution in [3.8, 4) is 0 Å². The van der Waals surface area contributed by atoms with Crippen molar-refractivity contribution in [3.63, 3.8) is 0 Å². The Labute approximate surface area is 120 Å². The Morgan fingerprint density at radius 3 is 2.75 bits per heavy atom. The molecule has 2 atom stereocenters. The number of fused-ring (bicyclic) bond motifs is 1. The lowest BCUT2D eigenvalue weighted by Gasteiger charge is -2.23. The van der Waals surface area contributed by atoms with E-state index in [1.165, 1.54) is 5.69 Å². The minimum atomic E-state index is 0.589. The van der Waals surface area contributed by atoms with Crippen molar-refractivity contribution >= 4 is 22.3 Å². The van der Waals surface area contributed by atoms with Gasteiger partial charge in [0.05, 0.1) is 11.2 Å². The average Bonchev–Trinajstić information content (AvgIpc) is 2.81. The van der Waals surface area contributed by atoms with Gasteiger partial charge in [-0.05, 0) is 44.3 Å². The van der Waals surface area contributed by atoms with Crippen LogP contribution in [-0.4, -0.2) is 43.1 Å². The molecule has 2 heterocycles. The van der Waals surface area contributed by atoms with Gasteiger partial charge in [-0.3, -0.25) is 4.98 Å². The van der Waals surface area contributed by atoms with Crippen LogP contribution in [0.2, 0.25) is 0 Å². The second-order valence-electron chi connectivity index (χ2n) is 5.99. The Morgan fingerprint density at radius 2 is 2.05 bits per heavy atom. The van der Waals surface area contributed by atoms with E-state index < -0.39 is 0 Å². The number of pyridine rings is 1. The van der Waals surface area contributed by atoms with Gasteiger partial charge in [0.2, 0.25) is 0 Å². The molecule has 0 spiro atoms. The summed E-state index contributed by atoms with van der Waals surface area (Å²) in [6.45, 7) is 4.43. The molecule has 1 fully saturated rings. The number of benzene rings is 1. The van der Waals surface area contributed by atoms with Crippen LogP contribution in [0.5, 0.6) is 0 Å². The second kappa shape index (κ2) is 4.94. The van der Waals surface area contributed by atoms with Crippen molar-refractivity contribution in [2.24, 2.45) is 5.92 Å². The lowest BCUT2D eigenvalue weighted by molar-refractivity contribution is 0.266. The van der Waals surface area contributed by atoms with Crippen LogP contribution in [0.15, 0.2) is 30.5 Å². The molecule has 1 saturated heterocycles. The number of nitrogen functional groups attached to an aromatic ring is 1. The van der Waals surface area contributed by atoms with Gasteiger partial charge >= 0.3 is 0 Å². The highest BCUT2D eigenvalue weighted by atomic mass is 15.2. The fourth-order valence-corrected chi connectivity index (χ4v) is 3.25. The molecule has 4 nitrogen and oxygen atoms in total. The van der Waals surface area contributed by atoms with Crippen LogP contribution in [0.1, 0.15) is 6.92 Å². The van der Waals surface area contributed by atoms with E-state index in [4.69, 9.17) is 5.73 Å². The van der Waals surface area contributed by atoms with Gasteiger partial charge < -0.3 is 15.5 Å². The quantitative estimate of drug-likeness (QED) is 0.850. The molecule has 1 aliphatic rings. The highest BCUT2D eigenvalue weighted by molar-refractivity contribution is 5.98. The zero-order valence-corrected chi connectivity index (χ0v) is 12.4. The van der Waals surface area contributed by atoms with Crippen LogP contribution >= 0.6 is 0 Å². The van der Waals surface area contributed by atoms with Crippen LogP contribution in [0.4, 0.5) is 11.4 Å². The summed E-state index contributed by atoms with van der Waals surface area (Å²) in [5.74, 6) is 0.654. The molecule has 0 aliphatic carbocycles. The van der Waals surface area contributed by atoms with E-state index in [-0.39, 0.29) is 0 Å². The van der Waals surface area contributed by atoms with Gasteiger partial charge in [0.15, 0.2) is 0 Å². The summed E-state index contributed by atoms with van der Waals surface area (Å²) in [7, 11) is 4.31. The molecule has 1 aromatic heterocycles. The molecule has 2 N–H and O–H groups in total. The summed E-state index contributed by atoms with van der Waals surface area (Å²) in [6.07, 6.45) is 1.84. The number of likely N-dealkylation sites (N-methyl/N-ethyl adjacent to an activating group) is 1. The Hall–Kier alpha value is -1.81. The van der Waals surface area contributed by atoms with Gasteiger partial charge in [-0.1, -0.05) is 6.92 Å². The summed E-state index contributed by atoms with van der Waals surface area (Å²) < 4.78 is 0. The molecular weight excluding hydrogens is 248 g/mol. The normalized spacial score (nSPS) is 22.9. The highest BCUT2D eigenvalue weighted by Gasteiger charge is 2.31. The molecular formula is C16H22N4. The lowest BCUT2D eigenvalue weighted by Crippen LogP contribution is -2.34. The van der Waals surface area contributed by atoms with Gasteiger partial charge in [0.25, 0.3) is 0 Å². The second-order valence-corrected chi connectivity index (χ2v) is 5.99. The first-order chi connectivity index (χ1) is 9.58. The third kappa shape index (κ3) is 2.10. The number of anilines is 2. The molecule has 0 radical (unpaired) electrons. The first kappa shape index (κ1) is 13.2. The Kier molecular flexibility index (Phi) is 3.26. The van der Waals surface area contributed by atoms with Crippen molar-refractivity contribution < 1.29 is 0 Å². The number of hydrogen-bond acceptors (Lipinski definition) is 4. The van der Waals surface area contributed by atoms with E-state index in [1.54, 1.807) is 0 Å². The number of nitrogens with zero attached hydrogens (tertiary/aromatic N) is 3. The van der Waals surface area contributed by atoms with Crippen molar-refractivity contribution in [2.45, 2.75) is 13.0 Å². The van der Waals surface area contributed by atoms with E-state index in [2.05, 4.69) is 41.9 Å². The molecule has 20 heavy (non-hydrogen) atoms. The van der Waals surface area contributed by atoms with Crippen LogP contribution in [-0.2, 0) is 0 Å². The standard InChI is InChI=1S/C16H22N4/c1-11-9-20(10-15(11)19(2)3)14-7-6-13(17)12-5-4-8-18-16(12)14/h4-8,11,15H,9-10,17H2,1-3H3. The summed E-state index contributed by atoms with van der Waals surface area (Å²) in [5.41, 5.74) is 9.07. The average molecular weight is 270 g/mol. The summed E-state index contributed by atoms with van der Waals surface area (Å²) >= 11 is 0. The van der Waals surface area contributed by atoms with Crippen molar-refractivity contribution in [1.82, 2.24) is 9.88 Å². The first-order valence-electron chi connectivity index (χ1n) is 7.12. The van der Waals surface area contributed by atoms with Crippen molar-refractivity contribution in [2.75, 3.05) is 37.8 Å². The minimum absolute atomic E-state index is 0.589. The van der Waals surface area contributed by atoms with Crippen LogP contribution < -0.4 is 10.6 Å². The summed E-state index contributed by atoms with van der Waals surface area (Å²) in [4.78, 5) is 9.30. The van der Waals surface area contributed by atoms with Gasteiger partial charge in [-0.25, -0.2) is 0 Å². The van der Waals surface area contributed by atoms with E-state index in [0.717, 1.165) is 29.7 Å². The first-order valence-corrected chi connectivity index (χ1v) is 7.12. The fraction of sp³-hybridized carbons (Fsp3) is 0.438. The molecule has 2 aromatic rings. The molecule has 0 bridgehead atoms. The van der Waals surface area contributed by atoms with E-state index in [0.29, 0.717) is 12.0 Å². The van der Waals surface area contributed by atoms with Gasteiger partial charge in [-0.15, -0.1) is 0 Å². The highest BCUT2D eigenvalue weighted by Crippen LogP contribution is 2.33. The lowest BCUT2D eigenvalue weighted by atomic mass is 10.1. The third-order valence-corrected chi connectivity index (χ3v) is 4.36. The fourth-order valence-electron chi connectivity index (χ4n) is 3.25. The molecule has 106 valence electrons. The molecule has 1 aromatic carbocycles. The largest absolute Gasteiger partial charge is 0.398 e. The van der Waals surface area contributed by atoms with Crippen LogP contribution in [0, 0.1) is 5.92 Å². The van der Waals surface area contributed by atoms with Crippen LogP contribution in [0.3, 0.4) is 0 Å². The van der Waals surface area contributed by atoms with Crippen molar-refractivity contribution in [1.29, 1.82) is 0 Å². The summed E-state index contributed by atoms with van der Waals surface area (Å²) in [5, 5.41) is 1.05. The number of hydrogen-bond donors (Lipinski definition) is 1. The molecule has 4 heteroatoms. The smallest absolute Gasteiger partial charge is 0.0955 e. The maximum Gasteiger partial charge on any atom is 0.0955 e. The van der Waals surface area contributed by atoms with E-state index >= 15 is 0 Å². The van der Waals surface area contributed by atoms with Gasteiger partial charge in [0.1, 0.15) is 0 Å². The number of rotatable bonds is 2. The van der Waals surface area contributed by atoms with Crippen molar-refractivity contribution in [3.05, 3.63) is 30.5 Å². The topological polar surface area (TPSA) is 45.4 Å². The SMILES string of the molecule is CC1CN(c2ccc(N)c3cccnc23)CC1N(C)C. The zero-order chi connectivity index (χ0) is 14.3. The Bertz CT molecular complexity index is 623. The summed E-state index contributed by atoms with van der Waals surface area (Å²) in [6, 6.07) is 8.68. The van der Waals surface area contributed by atoms with E-state index in [9.17, 15) is 0 Å². The molecule has 0 saturated carbocycles. The zero-order valence-electron chi connectivity index (χ0n) is 12.4. The third-order valence-electron chi connectivity index (χ3n) is 4.36. The monoisotopic (exact) mass is 270 g/mol. The predicted octanol–water partition coefficient (Wildman–Crippen LogP) is 2.20.